The highest BCUT2D eigenvalue weighted by molar-refractivity contribution is 7.89. The van der Waals surface area contributed by atoms with Crippen molar-refractivity contribution in [1.29, 1.82) is 0 Å². The standard InChI is InChI=1S/C18H20FN3O3S2/c1-20-26(23)10-9-22(2)27(24,25)15-6-3-13(4-7-15)17-12-21-18-11-14(19)5-8-16(17)18/h3-8,11-12,20-21H,9-10H2,1-2H3. The lowest BCUT2D eigenvalue weighted by Crippen LogP contribution is -2.32. The van der Waals surface area contributed by atoms with Crippen LogP contribution in [-0.4, -0.2) is 48.3 Å². The van der Waals surface area contributed by atoms with Crippen LogP contribution in [0.25, 0.3) is 22.0 Å². The maximum atomic E-state index is 13.3. The van der Waals surface area contributed by atoms with Gasteiger partial charge in [0.2, 0.25) is 10.0 Å². The van der Waals surface area contributed by atoms with Crippen molar-refractivity contribution in [1.82, 2.24) is 14.0 Å². The van der Waals surface area contributed by atoms with Crippen molar-refractivity contribution in [2.45, 2.75) is 4.90 Å². The second-order valence-electron chi connectivity index (χ2n) is 6.00. The van der Waals surface area contributed by atoms with E-state index in [1.807, 2.05) is 0 Å². The van der Waals surface area contributed by atoms with E-state index in [1.54, 1.807) is 43.6 Å². The summed E-state index contributed by atoms with van der Waals surface area (Å²) in [5, 5.41) is 0.860. The summed E-state index contributed by atoms with van der Waals surface area (Å²) in [5.41, 5.74) is 2.37. The summed E-state index contributed by atoms with van der Waals surface area (Å²) in [4.78, 5) is 3.18. The molecule has 0 saturated carbocycles. The van der Waals surface area contributed by atoms with Gasteiger partial charge in [-0.2, -0.15) is 4.31 Å². The van der Waals surface area contributed by atoms with Gasteiger partial charge in [-0.05, 0) is 42.9 Å². The highest BCUT2D eigenvalue weighted by Gasteiger charge is 2.21. The number of H-pyrrole nitrogens is 1. The van der Waals surface area contributed by atoms with Gasteiger partial charge >= 0.3 is 0 Å². The lowest BCUT2D eigenvalue weighted by atomic mass is 10.1. The molecule has 0 bridgehead atoms. The Morgan fingerprint density at radius 2 is 1.89 bits per heavy atom. The van der Waals surface area contributed by atoms with Gasteiger partial charge < -0.3 is 4.98 Å². The number of halogens is 1. The van der Waals surface area contributed by atoms with Crippen molar-refractivity contribution in [2.24, 2.45) is 0 Å². The fraction of sp³-hybridized carbons (Fsp3) is 0.222. The molecule has 0 saturated heterocycles. The fourth-order valence-electron chi connectivity index (χ4n) is 2.76. The average molecular weight is 410 g/mol. The van der Waals surface area contributed by atoms with Crippen LogP contribution in [0.5, 0.6) is 0 Å². The summed E-state index contributed by atoms with van der Waals surface area (Å²) < 4.78 is 53.8. The van der Waals surface area contributed by atoms with Gasteiger partial charge in [0.25, 0.3) is 0 Å². The number of benzene rings is 2. The number of hydrogen-bond donors (Lipinski definition) is 2. The van der Waals surface area contributed by atoms with Crippen LogP contribution in [-0.2, 0) is 21.0 Å². The quantitative estimate of drug-likeness (QED) is 0.629. The summed E-state index contributed by atoms with van der Waals surface area (Å²) in [7, 11) is -1.91. The molecule has 3 rings (SSSR count). The Labute approximate surface area is 160 Å². The fourth-order valence-corrected chi connectivity index (χ4v) is 4.69. The number of sulfonamides is 1. The molecule has 1 aromatic heterocycles. The number of hydrogen-bond acceptors (Lipinski definition) is 3. The predicted molar refractivity (Wildman–Crippen MR) is 106 cm³/mol. The topological polar surface area (TPSA) is 82.3 Å². The molecule has 0 aliphatic rings. The van der Waals surface area contributed by atoms with Crippen LogP contribution in [0.1, 0.15) is 0 Å². The van der Waals surface area contributed by atoms with E-state index in [-0.39, 0.29) is 23.0 Å². The van der Waals surface area contributed by atoms with E-state index in [4.69, 9.17) is 0 Å². The number of nitrogens with one attached hydrogen (secondary N) is 2. The minimum atomic E-state index is -3.66. The Morgan fingerprint density at radius 1 is 1.19 bits per heavy atom. The van der Waals surface area contributed by atoms with Gasteiger partial charge in [0, 0.05) is 36.3 Å². The van der Waals surface area contributed by atoms with Crippen LogP contribution in [0, 0.1) is 5.82 Å². The monoisotopic (exact) mass is 409 g/mol. The average Bonchev–Trinajstić information content (AvgIpc) is 3.08. The molecule has 0 spiro atoms. The van der Waals surface area contributed by atoms with E-state index in [2.05, 4.69) is 9.71 Å². The largest absolute Gasteiger partial charge is 0.360 e. The summed E-state index contributed by atoms with van der Waals surface area (Å²) in [6, 6.07) is 11.0. The third kappa shape index (κ3) is 4.11. The molecule has 9 heteroatoms. The molecule has 27 heavy (non-hydrogen) atoms. The van der Waals surface area contributed by atoms with E-state index in [9.17, 15) is 17.0 Å². The minimum absolute atomic E-state index is 0.144. The van der Waals surface area contributed by atoms with Gasteiger partial charge in [0.1, 0.15) is 5.82 Å². The first-order valence-electron chi connectivity index (χ1n) is 8.22. The molecule has 6 nitrogen and oxygen atoms in total. The second-order valence-corrected chi connectivity index (χ2v) is 9.55. The van der Waals surface area contributed by atoms with E-state index in [0.717, 1.165) is 16.5 Å². The van der Waals surface area contributed by atoms with Crippen LogP contribution in [0.2, 0.25) is 0 Å². The van der Waals surface area contributed by atoms with Gasteiger partial charge in [0.15, 0.2) is 0 Å². The highest BCUT2D eigenvalue weighted by Crippen LogP contribution is 2.30. The van der Waals surface area contributed by atoms with Gasteiger partial charge in [-0.1, -0.05) is 12.1 Å². The van der Waals surface area contributed by atoms with Crippen molar-refractivity contribution in [3.8, 4) is 11.1 Å². The zero-order valence-corrected chi connectivity index (χ0v) is 16.5. The van der Waals surface area contributed by atoms with Crippen molar-refractivity contribution >= 4 is 31.9 Å². The summed E-state index contributed by atoms with van der Waals surface area (Å²) >= 11 is 0. The van der Waals surface area contributed by atoms with Crippen molar-refractivity contribution in [3.63, 3.8) is 0 Å². The molecule has 0 aliphatic carbocycles. The first-order valence-corrected chi connectivity index (χ1v) is 11.0. The third-order valence-corrected chi connectivity index (χ3v) is 7.22. The molecule has 0 aliphatic heterocycles. The van der Waals surface area contributed by atoms with E-state index < -0.39 is 21.0 Å². The highest BCUT2D eigenvalue weighted by atomic mass is 32.2. The predicted octanol–water partition coefficient (Wildman–Crippen LogP) is 2.48. The van der Waals surface area contributed by atoms with Crippen LogP contribution in [0.15, 0.2) is 53.6 Å². The lowest BCUT2D eigenvalue weighted by molar-refractivity contribution is 0.487. The molecular weight excluding hydrogens is 389 g/mol. The molecule has 0 radical (unpaired) electrons. The maximum absolute atomic E-state index is 13.3. The molecule has 1 heterocycles. The summed E-state index contributed by atoms with van der Waals surface area (Å²) in [6.07, 6.45) is 1.77. The lowest BCUT2D eigenvalue weighted by Gasteiger charge is -2.17. The number of fused-ring (bicyclic) bond motifs is 1. The van der Waals surface area contributed by atoms with Crippen molar-refractivity contribution in [2.75, 3.05) is 26.4 Å². The number of nitrogens with zero attached hydrogens (tertiary/aromatic N) is 1. The first kappa shape index (κ1) is 19.7. The Bertz CT molecular complexity index is 1080. The first-order chi connectivity index (χ1) is 12.8. The molecule has 0 fully saturated rings. The SMILES string of the molecule is CNS(=O)CCN(C)S(=O)(=O)c1ccc(-c2c[nH]c3cc(F)ccc23)cc1. The summed E-state index contributed by atoms with van der Waals surface area (Å²) in [6.45, 7) is 0.144. The molecule has 1 unspecified atom stereocenters. The summed E-state index contributed by atoms with van der Waals surface area (Å²) in [5.74, 6) is -0.115. The molecule has 1 atom stereocenters. The zero-order valence-electron chi connectivity index (χ0n) is 14.9. The second kappa shape index (κ2) is 7.89. The van der Waals surface area contributed by atoms with Gasteiger partial charge in [0.05, 0.1) is 21.6 Å². The Hall–Kier alpha value is -2.07. The zero-order chi connectivity index (χ0) is 19.6. The van der Waals surface area contributed by atoms with Crippen LogP contribution >= 0.6 is 0 Å². The van der Waals surface area contributed by atoms with Gasteiger partial charge in [-0.3, -0.25) is 0 Å². The van der Waals surface area contributed by atoms with E-state index >= 15 is 0 Å². The number of rotatable bonds is 7. The normalized spacial score (nSPS) is 13.3. The number of aromatic amines is 1. The molecule has 2 aromatic carbocycles. The Kier molecular flexibility index (Phi) is 5.75. The van der Waals surface area contributed by atoms with Crippen LogP contribution in [0.4, 0.5) is 4.39 Å². The maximum Gasteiger partial charge on any atom is 0.242 e. The van der Waals surface area contributed by atoms with Crippen molar-refractivity contribution < 1.29 is 17.0 Å². The Morgan fingerprint density at radius 3 is 2.56 bits per heavy atom. The number of aromatic nitrogens is 1. The molecular formula is C18H20FN3O3S2. The van der Waals surface area contributed by atoms with E-state index in [1.165, 1.54) is 23.5 Å². The Balaban J connectivity index is 1.84. The molecule has 0 amide bonds. The van der Waals surface area contributed by atoms with Crippen molar-refractivity contribution in [3.05, 3.63) is 54.5 Å². The molecule has 2 N–H and O–H groups in total. The molecule has 144 valence electrons. The third-order valence-electron chi connectivity index (χ3n) is 4.34. The van der Waals surface area contributed by atoms with Gasteiger partial charge in [-0.15, -0.1) is 0 Å². The minimum Gasteiger partial charge on any atom is -0.360 e. The smallest absolute Gasteiger partial charge is 0.242 e. The van der Waals surface area contributed by atoms with Crippen LogP contribution < -0.4 is 4.72 Å². The van der Waals surface area contributed by atoms with E-state index in [0.29, 0.717) is 5.52 Å². The van der Waals surface area contributed by atoms with Gasteiger partial charge in [-0.25, -0.2) is 21.7 Å². The molecule has 3 aromatic rings. The van der Waals surface area contributed by atoms with Crippen LogP contribution in [0.3, 0.4) is 0 Å².